The average Bonchev–Trinajstić information content (AvgIpc) is 1.86. The summed E-state index contributed by atoms with van der Waals surface area (Å²) in [6, 6.07) is 0. The highest BCUT2D eigenvalue weighted by Crippen LogP contribution is 1.39. The van der Waals surface area contributed by atoms with Crippen LogP contribution >= 0.6 is 0 Å². The van der Waals surface area contributed by atoms with E-state index in [1.165, 1.54) is 0 Å². The van der Waals surface area contributed by atoms with E-state index in [0.29, 0.717) is 0 Å². The van der Waals surface area contributed by atoms with E-state index in [2.05, 4.69) is 5.59 Å². The molecule has 0 aromatic carbocycles. The minimum atomic E-state index is -1.50. The van der Waals surface area contributed by atoms with Gasteiger partial charge in [-0.3, -0.25) is 0 Å². The lowest BCUT2D eigenvalue weighted by Crippen LogP contribution is -1.81. The summed E-state index contributed by atoms with van der Waals surface area (Å²) in [6.45, 7) is 0. The fourth-order valence-electron chi connectivity index (χ4n) is 0. The third kappa shape index (κ3) is 78.9. The van der Waals surface area contributed by atoms with Gasteiger partial charge in [0.1, 0.15) is 0 Å². The van der Waals surface area contributed by atoms with E-state index in [0.717, 1.165) is 0 Å². The lowest BCUT2D eigenvalue weighted by atomic mass is 13.1. The molecule has 0 aliphatic heterocycles. The molecule has 0 spiro atoms. The van der Waals surface area contributed by atoms with Crippen molar-refractivity contribution in [1.29, 1.82) is 5.59 Å². The normalized spacial score (nSPS) is 5.43. The Morgan fingerprint density at radius 3 is 0.714 bits per heavy atom. The number of rotatable bonds is 0. The van der Waals surface area contributed by atoms with Crippen molar-refractivity contribution in [3.63, 3.8) is 0 Å². The number of hydrogen-bond donors (Lipinski definition) is 4. The Kier molecular flexibility index (Phi) is 36.1. The number of hydrogen-bond acceptors (Lipinski definition) is 8. The van der Waals surface area contributed by atoms with E-state index in [1.54, 1.807) is 0 Å². The Labute approximate surface area is 73.1 Å². The van der Waals surface area contributed by atoms with Crippen molar-refractivity contribution >= 4 is 0 Å². The first-order chi connectivity index (χ1) is 6.20. The van der Waals surface area contributed by atoms with Gasteiger partial charge in [0.15, 0.2) is 0 Å². The highest BCUT2D eigenvalue weighted by molar-refractivity contribution is 3.84. The van der Waals surface area contributed by atoms with Crippen LogP contribution in [0.4, 0.5) is 0 Å². The molecule has 0 unspecified atom stereocenters. The molecule has 0 aliphatic rings. The van der Waals surface area contributed by atoms with E-state index in [4.69, 9.17) is 50.9 Å². The minimum Gasteiger partial charge on any atom is -0.328 e. The molecule has 84 valence electrons. The molecular formula is H4N4O10. The van der Waals surface area contributed by atoms with Gasteiger partial charge >= 0.3 is 0 Å². The van der Waals surface area contributed by atoms with Crippen LogP contribution in [0.1, 0.15) is 0 Å². The molecule has 0 bridgehead atoms. The largest absolute Gasteiger partial charge is 0.328 e. The molecule has 0 aromatic heterocycles. The molecule has 0 radical (unpaired) electrons. The molecule has 0 aromatic rings. The monoisotopic (exact) mass is 220 g/mol. The SMILES string of the molecule is N=O.O=[N+]([O-])O.O=[N+]([O-])O.O=[N+]([O-])O. The van der Waals surface area contributed by atoms with Crippen LogP contribution in [0.25, 0.3) is 0 Å². The maximum Gasteiger partial charge on any atom is 0.291 e. The van der Waals surface area contributed by atoms with Gasteiger partial charge in [-0.15, -0.1) is 30.3 Å². The molecular weight excluding hydrogens is 216 g/mol. The fourth-order valence-corrected chi connectivity index (χ4v) is 0. The lowest BCUT2D eigenvalue weighted by Gasteiger charge is -1.56. The molecule has 0 saturated carbocycles. The zero-order valence-corrected chi connectivity index (χ0v) is 6.04. The van der Waals surface area contributed by atoms with E-state index in [1.807, 2.05) is 0 Å². The summed E-state index contributed by atoms with van der Waals surface area (Å²) >= 11 is 0. The van der Waals surface area contributed by atoms with Crippen molar-refractivity contribution < 1.29 is 30.9 Å². The lowest BCUT2D eigenvalue weighted by molar-refractivity contribution is -0.742. The van der Waals surface area contributed by atoms with Gasteiger partial charge in [-0.25, -0.2) is 0 Å². The Morgan fingerprint density at radius 2 is 0.714 bits per heavy atom. The van der Waals surface area contributed by atoms with Crippen LogP contribution in [-0.4, -0.2) is 30.9 Å². The van der Waals surface area contributed by atoms with Crippen molar-refractivity contribution in [3.05, 3.63) is 35.3 Å². The second-order valence-electron chi connectivity index (χ2n) is 0.714. The molecule has 14 heteroatoms. The van der Waals surface area contributed by atoms with Crippen LogP contribution in [-0.2, 0) is 0 Å². The van der Waals surface area contributed by atoms with Crippen molar-refractivity contribution in [3.8, 4) is 0 Å². The summed E-state index contributed by atoms with van der Waals surface area (Å²) in [5.41, 5.74) is 4.50. The van der Waals surface area contributed by atoms with E-state index in [-0.39, 0.29) is 0 Å². The number of nitrogens with one attached hydrogen (secondary N) is 1. The summed E-state index contributed by atoms with van der Waals surface area (Å²) in [5, 5.41) is 40.9. The van der Waals surface area contributed by atoms with Crippen molar-refractivity contribution in [2.24, 2.45) is 0 Å². The van der Waals surface area contributed by atoms with Crippen LogP contribution in [0.2, 0.25) is 0 Å². The Morgan fingerprint density at radius 1 is 0.714 bits per heavy atom. The second kappa shape index (κ2) is 22.5. The highest BCUT2D eigenvalue weighted by atomic mass is 16.9. The van der Waals surface area contributed by atoms with Crippen LogP contribution in [0.15, 0.2) is 0 Å². The van der Waals surface area contributed by atoms with Gasteiger partial charge in [0.2, 0.25) is 0 Å². The minimum absolute atomic E-state index is 1.50. The molecule has 14 heavy (non-hydrogen) atoms. The summed E-state index contributed by atoms with van der Waals surface area (Å²) in [5.74, 6) is 0. The Bertz CT molecular complexity index is 121. The van der Waals surface area contributed by atoms with Gasteiger partial charge in [0.25, 0.3) is 15.3 Å². The molecule has 0 saturated heterocycles. The van der Waals surface area contributed by atoms with Gasteiger partial charge < -0.3 is 15.6 Å². The summed E-state index contributed by atoms with van der Waals surface area (Å²) < 4.78 is 0. The van der Waals surface area contributed by atoms with E-state index < -0.39 is 15.3 Å². The second-order valence-corrected chi connectivity index (χ2v) is 0.714. The predicted molar refractivity (Wildman–Crippen MR) is 32.4 cm³/mol. The smallest absolute Gasteiger partial charge is 0.291 e. The predicted octanol–water partition coefficient (Wildman–Crippen LogP) is -0.712. The van der Waals surface area contributed by atoms with Gasteiger partial charge in [-0.05, 0) is 0 Å². The van der Waals surface area contributed by atoms with Crippen molar-refractivity contribution in [1.82, 2.24) is 0 Å². The quantitative estimate of drug-likeness (QED) is 0.227. The highest BCUT2D eigenvalue weighted by Gasteiger charge is 1.66. The van der Waals surface area contributed by atoms with Crippen LogP contribution in [0.5, 0.6) is 0 Å². The summed E-state index contributed by atoms with van der Waals surface area (Å²) in [7, 11) is 0. The first-order valence-electron chi connectivity index (χ1n) is 1.90. The fraction of sp³-hybridized carbons (Fsp3) is 0. The van der Waals surface area contributed by atoms with Crippen molar-refractivity contribution in [2.45, 2.75) is 0 Å². The molecule has 0 rings (SSSR count). The summed E-state index contributed by atoms with van der Waals surface area (Å²) in [4.78, 5) is 32.6. The van der Waals surface area contributed by atoms with Gasteiger partial charge in [0, 0.05) is 0 Å². The van der Waals surface area contributed by atoms with Gasteiger partial charge in [-0.2, -0.15) is 4.91 Å². The topological polar surface area (TPSA) is 231 Å². The molecule has 0 atom stereocenters. The first-order valence-corrected chi connectivity index (χ1v) is 1.90. The molecule has 0 heterocycles. The van der Waals surface area contributed by atoms with Crippen LogP contribution in [0, 0.1) is 40.8 Å². The summed E-state index contributed by atoms with van der Waals surface area (Å²) in [6.07, 6.45) is 0. The van der Waals surface area contributed by atoms with E-state index >= 15 is 0 Å². The third-order valence-corrected chi connectivity index (χ3v) is 0. The average molecular weight is 220 g/mol. The zero-order chi connectivity index (χ0) is 12.7. The maximum atomic E-state index is 8.36. The van der Waals surface area contributed by atoms with Crippen LogP contribution in [0.3, 0.4) is 0 Å². The van der Waals surface area contributed by atoms with Gasteiger partial charge in [-0.1, -0.05) is 5.59 Å². The Balaban J connectivity index is -0.0000000492. The van der Waals surface area contributed by atoms with Gasteiger partial charge in [0.05, 0.1) is 0 Å². The first kappa shape index (κ1) is 22.5. The van der Waals surface area contributed by atoms with E-state index in [9.17, 15) is 0 Å². The molecule has 0 fully saturated rings. The molecule has 0 aliphatic carbocycles. The Hall–Kier alpha value is -2.80. The molecule has 14 nitrogen and oxygen atoms in total. The number of nitrogens with zero attached hydrogens (tertiary/aromatic N) is 3. The van der Waals surface area contributed by atoms with Crippen molar-refractivity contribution in [2.75, 3.05) is 0 Å². The number of nitroso groups, excluding NO2 is 1. The maximum absolute atomic E-state index is 8.36. The zero-order valence-electron chi connectivity index (χ0n) is 6.04. The standard InChI is InChI=1S/3HNO3.HNO/c3*2-1(3)4;1-2/h3*(H,2,3,4);1H. The van der Waals surface area contributed by atoms with Crippen LogP contribution < -0.4 is 0 Å². The third-order valence-electron chi connectivity index (χ3n) is 0. The molecule has 0 amide bonds. The molecule has 4 N–H and O–H groups in total.